The number of allylic oxidation sites excluding steroid dienone is 1. The first-order chi connectivity index (χ1) is 19.2. The Kier molecular flexibility index (Phi) is 10.9. The van der Waals surface area contributed by atoms with Crippen LogP contribution in [0, 0.1) is 17.8 Å². The molecule has 1 heterocycles. The maximum absolute atomic E-state index is 14.1. The minimum atomic E-state index is -1.20. The van der Waals surface area contributed by atoms with E-state index in [4.69, 9.17) is 23.2 Å². The zero-order valence-corrected chi connectivity index (χ0v) is 25.7. The Balaban J connectivity index is 1.85. The summed E-state index contributed by atoms with van der Waals surface area (Å²) in [5.41, 5.74) is -0.510. The van der Waals surface area contributed by atoms with E-state index in [2.05, 4.69) is 34.4 Å². The van der Waals surface area contributed by atoms with Crippen LogP contribution in [0.4, 0.5) is 4.79 Å². The molecule has 0 radical (unpaired) electrons. The van der Waals surface area contributed by atoms with Crippen molar-refractivity contribution in [2.24, 2.45) is 17.8 Å². The molecule has 228 valence electrons. The van der Waals surface area contributed by atoms with Crippen molar-refractivity contribution < 1.29 is 24.0 Å². The molecule has 0 aromatic carbocycles. The lowest BCUT2D eigenvalue weighted by atomic mass is 9.83. The summed E-state index contributed by atoms with van der Waals surface area (Å²) in [5, 5.41) is 10.9. The second kappa shape index (κ2) is 13.6. The largest absolute Gasteiger partial charge is 0.346 e. The summed E-state index contributed by atoms with van der Waals surface area (Å²) in [6.07, 6.45) is 8.05. The number of hydrogen-bond acceptors (Lipinski definition) is 5. The highest BCUT2D eigenvalue weighted by Crippen LogP contribution is 2.65. The van der Waals surface area contributed by atoms with Crippen molar-refractivity contribution in [2.75, 3.05) is 13.1 Å². The predicted octanol–water partition coefficient (Wildman–Crippen LogP) is 2.99. The van der Waals surface area contributed by atoms with Crippen LogP contribution in [0.5, 0.6) is 0 Å². The van der Waals surface area contributed by atoms with Crippen LogP contribution in [-0.2, 0) is 19.2 Å². The van der Waals surface area contributed by atoms with Gasteiger partial charge in [-0.25, -0.2) is 4.79 Å². The topological polar surface area (TPSA) is 137 Å². The van der Waals surface area contributed by atoms with Gasteiger partial charge in [0.25, 0.3) is 5.91 Å². The lowest BCUT2D eigenvalue weighted by Crippen LogP contribution is -2.61. The molecule has 0 aromatic rings. The number of likely N-dealkylation sites (tertiary alicyclic amines) is 1. The number of halogens is 2. The Morgan fingerprint density at radius 3 is 2.27 bits per heavy atom. The summed E-state index contributed by atoms with van der Waals surface area (Å²) >= 11 is 13.0. The number of alkyl halides is 2. The highest BCUT2D eigenvalue weighted by Gasteiger charge is 2.74. The number of nitrogens with zero attached hydrogens (tertiary/aromatic N) is 1. The summed E-state index contributed by atoms with van der Waals surface area (Å²) in [6.45, 7) is 13.0. The van der Waals surface area contributed by atoms with E-state index in [0.717, 1.165) is 32.1 Å². The number of hydrogen-bond donors (Lipinski definition) is 4. The average molecular weight is 613 g/mol. The number of carbonyl (C=O) groups excluding carboxylic acids is 5. The van der Waals surface area contributed by atoms with Gasteiger partial charge in [-0.1, -0.05) is 31.4 Å². The van der Waals surface area contributed by atoms with E-state index in [0.29, 0.717) is 6.42 Å². The van der Waals surface area contributed by atoms with Gasteiger partial charge >= 0.3 is 6.03 Å². The van der Waals surface area contributed by atoms with E-state index in [1.807, 2.05) is 20.8 Å². The van der Waals surface area contributed by atoms with E-state index in [1.54, 1.807) is 6.08 Å². The molecule has 1 saturated heterocycles. The minimum absolute atomic E-state index is 0.0881. The molecule has 0 bridgehead atoms. The molecule has 5 atom stereocenters. The van der Waals surface area contributed by atoms with Crippen LogP contribution in [0.15, 0.2) is 25.3 Å². The fourth-order valence-corrected chi connectivity index (χ4v) is 6.73. The SMILES string of the molecule is C=CCC[C@@H](NC(=O)[C@@H]1[C@@H]2[C@H](CN1C(=O)[C@@H](NC(=O)NC(C)(C)C)C1CCCCC1)C2(Cl)Cl)C(=O)C(=O)NCC=C. The molecule has 12 heteroatoms. The summed E-state index contributed by atoms with van der Waals surface area (Å²) in [5.74, 6) is -3.62. The molecule has 4 N–H and O–H groups in total. The Morgan fingerprint density at radius 1 is 1.02 bits per heavy atom. The molecule has 1 aliphatic heterocycles. The number of piperidine rings is 1. The first kappa shape index (κ1) is 32.9. The van der Waals surface area contributed by atoms with Gasteiger partial charge in [-0.3, -0.25) is 19.2 Å². The van der Waals surface area contributed by atoms with E-state index >= 15 is 0 Å². The first-order valence-corrected chi connectivity index (χ1v) is 15.1. The highest BCUT2D eigenvalue weighted by atomic mass is 35.5. The molecule has 0 unspecified atom stereocenters. The average Bonchev–Trinajstić information content (AvgIpc) is 3.23. The second-order valence-corrected chi connectivity index (χ2v) is 13.7. The molecule has 2 aliphatic carbocycles. The van der Waals surface area contributed by atoms with Gasteiger partial charge in [-0.2, -0.15) is 0 Å². The number of nitrogens with one attached hydrogen (secondary N) is 4. The van der Waals surface area contributed by atoms with E-state index in [9.17, 15) is 24.0 Å². The van der Waals surface area contributed by atoms with Crippen molar-refractivity contribution in [3.8, 4) is 0 Å². The summed E-state index contributed by atoms with van der Waals surface area (Å²) in [4.78, 5) is 67.5. The van der Waals surface area contributed by atoms with Crippen molar-refractivity contribution in [1.82, 2.24) is 26.2 Å². The monoisotopic (exact) mass is 611 g/mol. The number of Topliss-reactive ketones (excluding diaryl/α,β-unsaturated/α-hetero) is 1. The molecular weight excluding hydrogens is 569 g/mol. The molecular formula is C29H43Cl2N5O5. The van der Waals surface area contributed by atoms with Crippen molar-refractivity contribution in [3.05, 3.63) is 25.3 Å². The molecule has 10 nitrogen and oxygen atoms in total. The summed E-state index contributed by atoms with van der Waals surface area (Å²) < 4.78 is -1.20. The van der Waals surface area contributed by atoms with Crippen LogP contribution in [0.1, 0.15) is 65.7 Å². The minimum Gasteiger partial charge on any atom is -0.346 e. The Morgan fingerprint density at radius 2 is 1.68 bits per heavy atom. The third kappa shape index (κ3) is 8.03. The van der Waals surface area contributed by atoms with Gasteiger partial charge in [0.2, 0.25) is 17.6 Å². The van der Waals surface area contributed by atoms with E-state index in [-0.39, 0.29) is 37.3 Å². The van der Waals surface area contributed by atoms with Crippen molar-refractivity contribution in [2.45, 2.75) is 93.7 Å². The molecule has 0 aromatic heterocycles. The molecule has 3 rings (SSSR count). The predicted molar refractivity (Wildman–Crippen MR) is 158 cm³/mol. The Bertz CT molecular complexity index is 1050. The van der Waals surface area contributed by atoms with Crippen molar-refractivity contribution >= 4 is 52.7 Å². The Labute approximate surface area is 252 Å². The third-order valence-electron chi connectivity index (χ3n) is 7.97. The summed E-state index contributed by atoms with van der Waals surface area (Å²) in [6, 6.07) is -3.49. The lowest BCUT2D eigenvalue weighted by molar-refractivity contribution is -0.144. The van der Waals surface area contributed by atoms with E-state index in [1.165, 1.54) is 11.0 Å². The van der Waals surface area contributed by atoms with Gasteiger partial charge in [0.05, 0.1) is 6.04 Å². The number of fused-ring (bicyclic) bond motifs is 1. The van der Waals surface area contributed by atoms with E-state index < -0.39 is 57.5 Å². The highest BCUT2D eigenvalue weighted by molar-refractivity contribution is 6.51. The van der Waals surface area contributed by atoms with Crippen molar-refractivity contribution in [3.63, 3.8) is 0 Å². The smallest absolute Gasteiger partial charge is 0.315 e. The molecule has 3 fully saturated rings. The van der Waals surface area contributed by atoms with Crippen molar-refractivity contribution in [1.29, 1.82) is 0 Å². The van der Waals surface area contributed by atoms with Gasteiger partial charge in [0.15, 0.2) is 0 Å². The van der Waals surface area contributed by atoms with Crippen LogP contribution >= 0.6 is 23.2 Å². The first-order valence-electron chi connectivity index (χ1n) is 14.3. The number of ketones is 1. The molecule has 5 amide bonds. The molecule has 0 spiro atoms. The maximum Gasteiger partial charge on any atom is 0.315 e. The van der Waals surface area contributed by atoms with Crippen LogP contribution in [0.25, 0.3) is 0 Å². The number of amides is 5. The second-order valence-electron chi connectivity index (χ2n) is 12.3. The zero-order valence-electron chi connectivity index (χ0n) is 24.1. The third-order valence-corrected chi connectivity index (χ3v) is 9.03. The fourth-order valence-electron chi connectivity index (χ4n) is 5.90. The zero-order chi connectivity index (χ0) is 30.5. The number of urea groups is 1. The number of carbonyl (C=O) groups is 5. The van der Waals surface area contributed by atoms with Gasteiger partial charge in [0.1, 0.15) is 16.4 Å². The fraction of sp³-hybridized carbons (Fsp3) is 0.690. The van der Waals surface area contributed by atoms with Gasteiger partial charge < -0.3 is 26.2 Å². The van der Waals surface area contributed by atoms with Gasteiger partial charge in [-0.15, -0.1) is 36.4 Å². The lowest BCUT2D eigenvalue weighted by Gasteiger charge is -2.37. The quantitative estimate of drug-likeness (QED) is 0.153. The maximum atomic E-state index is 14.1. The standard InChI is InChI=1S/C29H43Cl2N5O5/c1-6-8-14-19(23(37)25(39)32-15-7-2)33-24(38)22-20-18(29(20,30)31)16-36(22)26(40)21(17-12-10-9-11-13-17)34-27(41)35-28(3,4)5/h6-7,17-22H,1-2,8-16H2,3-5H3,(H,32,39)(H,33,38)(H2,34,35,41)/t18-,19+,20-,21-,22-/m0/s1. The van der Waals surface area contributed by atoms with Gasteiger partial charge in [0, 0.05) is 30.5 Å². The van der Waals surface area contributed by atoms with Crippen LogP contribution in [0.2, 0.25) is 0 Å². The normalized spacial score (nSPS) is 24.7. The summed E-state index contributed by atoms with van der Waals surface area (Å²) in [7, 11) is 0. The number of rotatable bonds is 12. The molecule has 41 heavy (non-hydrogen) atoms. The van der Waals surface area contributed by atoms with Gasteiger partial charge in [-0.05, 0) is 52.4 Å². The van der Waals surface area contributed by atoms with Crippen LogP contribution in [-0.4, -0.2) is 75.5 Å². The Hall–Kier alpha value is -2.59. The van der Waals surface area contributed by atoms with Crippen LogP contribution in [0.3, 0.4) is 0 Å². The molecule has 3 aliphatic rings. The molecule has 2 saturated carbocycles. The van der Waals surface area contributed by atoms with Crippen LogP contribution < -0.4 is 21.3 Å².